The van der Waals surface area contributed by atoms with Crippen LogP contribution in [0.25, 0.3) is 0 Å². The van der Waals surface area contributed by atoms with E-state index >= 15 is 0 Å². The molecule has 4 nitrogen and oxygen atoms in total. The molecule has 0 spiro atoms. The SMILES string of the molecule is O=C(O)c1ccc(C2(CO)CCOCC2)cc1. The van der Waals surface area contributed by atoms with Crippen molar-refractivity contribution in [3.63, 3.8) is 0 Å². The molecule has 1 aliphatic rings. The number of benzene rings is 1. The standard InChI is InChI=1S/C13H16O4/c14-9-13(5-7-17-8-6-13)11-3-1-10(2-4-11)12(15)16/h1-4,14H,5-9H2,(H,15,16). The highest BCUT2D eigenvalue weighted by Gasteiger charge is 2.33. The van der Waals surface area contributed by atoms with Crippen LogP contribution in [0.5, 0.6) is 0 Å². The molecule has 17 heavy (non-hydrogen) atoms. The molecule has 1 fully saturated rings. The van der Waals surface area contributed by atoms with Gasteiger partial charge in [-0.05, 0) is 30.5 Å². The fraction of sp³-hybridized carbons (Fsp3) is 0.462. The maximum absolute atomic E-state index is 10.8. The van der Waals surface area contributed by atoms with Gasteiger partial charge in [-0.1, -0.05) is 12.1 Å². The van der Waals surface area contributed by atoms with Gasteiger partial charge in [-0.2, -0.15) is 0 Å². The minimum absolute atomic E-state index is 0.0722. The molecule has 0 amide bonds. The molecule has 0 aliphatic carbocycles. The van der Waals surface area contributed by atoms with E-state index < -0.39 is 5.97 Å². The quantitative estimate of drug-likeness (QED) is 0.833. The van der Waals surface area contributed by atoms with Gasteiger partial charge in [0.05, 0.1) is 12.2 Å². The highest BCUT2D eigenvalue weighted by Crippen LogP contribution is 2.34. The fourth-order valence-electron chi connectivity index (χ4n) is 2.27. The Morgan fingerprint density at radius 2 is 1.82 bits per heavy atom. The zero-order chi connectivity index (χ0) is 12.3. The van der Waals surface area contributed by atoms with Crippen molar-refractivity contribution in [3.8, 4) is 0 Å². The molecule has 1 aromatic carbocycles. The lowest BCUT2D eigenvalue weighted by molar-refractivity contribution is 0.0253. The summed E-state index contributed by atoms with van der Waals surface area (Å²) < 4.78 is 5.30. The third-order valence-corrected chi connectivity index (χ3v) is 3.50. The molecular formula is C13H16O4. The smallest absolute Gasteiger partial charge is 0.335 e. The Hall–Kier alpha value is -1.39. The molecule has 0 bridgehead atoms. The Bertz CT molecular complexity index is 390. The number of hydrogen-bond donors (Lipinski definition) is 2. The largest absolute Gasteiger partial charge is 0.478 e. The van der Waals surface area contributed by atoms with Crippen LogP contribution in [-0.2, 0) is 10.2 Å². The van der Waals surface area contributed by atoms with E-state index in [1.165, 1.54) is 0 Å². The zero-order valence-electron chi connectivity index (χ0n) is 9.56. The normalized spacial score (nSPS) is 18.9. The monoisotopic (exact) mass is 236 g/mol. The Labute approximate surface area is 99.8 Å². The summed E-state index contributed by atoms with van der Waals surface area (Å²) in [6.45, 7) is 1.35. The Morgan fingerprint density at radius 1 is 1.24 bits per heavy atom. The van der Waals surface area contributed by atoms with Gasteiger partial charge in [0.15, 0.2) is 0 Å². The molecule has 2 rings (SSSR count). The third-order valence-electron chi connectivity index (χ3n) is 3.50. The van der Waals surface area contributed by atoms with Crippen molar-refractivity contribution in [2.75, 3.05) is 19.8 Å². The molecule has 4 heteroatoms. The van der Waals surface area contributed by atoms with E-state index in [4.69, 9.17) is 9.84 Å². The van der Waals surface area contributed by atoms with Crippen LogP contribution in [0, 0.1) is 0 Å². The van der Waals surface area contributed by atoms with Gasteiger partial charge in [-0.3, -0.25) is 0 Å². The Kier molecular flexibility index (Phi) is 3.45. The Morgan fingerprint density at radius 3 is 2.29 bits per heavy atom. The number of rotatable bonds is 3. The van der Waals surface area contributed by atoms with Gasteiger partial charge < -0.3 is 14.9 Å². The molecule has 1 saturated heterocycles. The van der Waals surface area contributed by atoms with E-state index in [0.29, 0.717) is 13.2 Å². The van der Waals surface area contributed by atoms with E-state index in [1.807, 2.05) is 0 Å². The summed E-state index contributed by atoms with van der Waals surface area (Å²) in [5.41, 5.74) is 0.997. The first-order chi connectivity index (χ1) is 8.18. The van der Waals surface area contributed by atoms with Gasteiger partial charge in [0, 0.05) is 18.6 Å². The predicted octanol–water partition coefficient (Wildman–Crippen LogP) is 1.43. The van der Waals surface area contributed by atoms with Crippen LogP contribution in [0.4, 0.5) is 0 Å². The summed E-state index contributed by atoms with van der Waals surface area (Å²) in [7, 11) is 0. The average molecular weight is 236 g/mol. The van der Waals surface area contributed by atoms with E-state index in [2.05, 4.69) is 0 Å². The summed E-state index contributed by atoms with van der Waals surface area (Å²) in [4.78, 5) is 10.8. The van der Waals surface area contributed by atoms with Gasteiger partial charge in [0.1, 0.15) is 0 Å². The van der Waals surface area contributed by atoms with Crippen LogP contribution in [-0.4, -0.2) is 36.0 Å². The highest BCUT2D eigenvalue weighted by atomic mass is 16.5. The number of carboxylic acids is 1. The van der Waals surface area contributed by atoms with Crippen LogP contribution >= 0.6 is 0 Å². The maximum atomic E-state index is 10.8. The first-order valence-corrected chi connectivity index (χ1v) is 5.70. The number of aliphatic hydroxyl groups excluding tert-OH is 1. The van der Waals surface area contributed by atoms with Crippen LogP contribution in [0.3, 0.4) is 0 Å². The number of carboxylic acid groups (broad SMARTS) is 1. The molecule has 92 valence electrons. The van der Waals surface area contributed by atoms with Crippen LogP contribution < -0.4 is 0 Å². The molecule has 1 heterocycles. The third kappa shape index (κ3) is 2.33. The van der Waals surface area contributed by atoms with Crippen molar-refractivity contribution in [1.29, 1.82) is 0 Å². The average Bonchev–Trinajstić information content (AvgIpc) is 2.39. The topological polar surface area (TPSA) is 66.8 Å². The van der Waals surface area contributed by atoms with E-state index in [1.54, 1.807) is 24.3 Å². The van der Waals surface area contributed by atoms with Crippen molar-refractivity contribution < 1.29 is 19.7 Å². The van der Waals surface area contributed by atoms with E-state index in [9.17, 15) is 9.90 Å². The second-order valence-corrected chi connectivity index (χ2v) is 4.43. The summed E-state index contributed by atoms with van der Waals surface area (Å²) in [6, 6.07) is 6.77. The van der Waals surface area contributed by atoms with Crippen LogP contribution in [0.2, 0.25) is 0 Å². The number of ether oxygens (including phenoxy) is 1. The minimum atomic E-state index is -0.929. The van der Waals surface area contributed by atoms with Crippen molar-refractivity contribution in [2.24, 2.45) is 0 Å². The highest BCUT2D eigenvalue weighted by molar-refractivity contribution is 5.87. The van der Waals surface area contributed by atoms with Gasteiger partial charge in [-0.25, -0.2) is 4.79 Å². The number of aliphatic hydroxyl groups is 1. The van der Waals surface area contributed by atoms with Crippen molar-refractivity contribution in [1.82, 2.24) is 0 Å². The van der Waals surface area contributed by atoms with Gasteiger partial charge in [0.25, 0.3) is 0 Å². The lowest BCUT2D eigenvalue weighted by atomic mass is 9.75. The predicted molar refractivity (Wildman–Crippen MR) is 62.2 cm³/mol. The number of carbonyl (C=O) groups is 1. The molecular weight excluding hydrogens is 220 g/mol. The first-order valence-electron chi connectivity index (χ1n) is 5.70. The fourth-order valence-corrected chi connectivity index (χ4v) is 2.27. The summed E-state index contributed by atoms with van der Waals surface area (Å²) >= 11 is 0. The lowest BCUT2D eigenvalue weighted by Gasteiger charge is -2.36. The van der Waals surface area contributed by atoms with Crippen LogP contribution in [0.1, 0.15) is 28.8 Å². The second-order valence-electron chi connectivity index (χ2n) is 4.43. The number of aromatic carboxylic acids is 1. The Balaban J connectivity index is 2.27. The number of hydrogen-bond acceptors (Lipinski definition) is 3. The van der Waals surface area contributed by atoms with E-state index in [0.717, 1.165) is 18.4 Å². The molecule has 0 atom stereocenters. The van der Waals surface area contributed by atoms with Gasteiger partial charge in [0.2, 0.25) is 0 Å². The van der Waals surface area contributed by atoms with Gasteiger partial charge >= 0.3 is 5.97 Å². The molecule has 2 N–H and O–H groups in total. The van der Waals surface area contributed by atoms with E-state index in [-0.39, 0.29) is 17.6 Å². The maximum Gasteiger partial charge on any atom is 0.335 e. The molecule has 1 aromatic rings. The molecule has 1 aliphatic heterocycles. The lowest BCUT2D eigenvalue weighted by Crippen LogP contribution is -2.37. The van der Waals surface area contributed by atoms with Gasteiger partial charge in [-0.15, -0.1) is 0 Å². The summed E-state index contributed by atoms with van der Waals surface area (Å²) in [5, 5.41) is 18.4. The molecule has 0 aromatic heterocycles. The second kappa shape index (κ2) is 4.85. The molecule has 0 saturated carbocycles. The zero-order valence-corrected chi connectivity index (χ0v) is 9.56. The van der Waals surface area contributed by atoms with Crippen molar-refractivity contribution in [3.05, 3.63) is 35.4 Å². The molecule has 0 unspecified atom stereocenters. The molecule has 0 radical (unpaired) electrons. The van der Waals surface area contributed by atoms with Crippen LogP contribution in [0.15, 0.2) is 24.3 Å². The first kappa shape index (κ1) is 12.1. The summed E-state index contributed by atoms with van der Waals surface area (Å²) in [5.74, 6) is -0.929. The van der Waals surface area contributed by atoms with Crippen molar-refractivity contribution >= 4 is 5.97 Å². The minimum Gasteiger partial charge on any atom is -0.478 e. The summed E-state index contributed by atoms with van der Waals surface area (Å²) in [6.07, 6.45) is 1.55. The van der Waals surface area contributed by atoms with Crippen molar-refractivity contribution in [2.45, 2.75) is 18.3 Å².